The van der Waals surface area contributed by atoms with Crippen LogP contribution in [0.1, 0.15) is 11.1 Å². The summed E-state index contributed by atoms with van der Waals surface area (Å²) in [6, 6.07) is 19.2. The van der Waals surface area contributed by atoms with Gasteiger partial charge in [0.25, 0.3) is 10.0 Å². The van der Waals surface area contributed by atoms with Crippen LogP contribution < -0.4 is 10.1 Å². The lowest BCUT2D eigenvalue weighted by atomic mass is 10.2. The maximum Gasteiger partial charge on any atom is 0.277 e. The van der Waals surface area contributed by atoms with Crippen molar-refractivity contribution in [1.82, 2.24) is 9.62 Å². The van der Waals surface area contributed by atoms with Gasteiger partial charge < -0.3 is 14.5 Å². The Morgan fingerprint density at radius 1 is 1.06 bits per heavy atom. The summed E-state index contributed by atoms with van der Waals surface area (Å²) in [6.07, 6.45) is 4.52. The predicted octanol–water partition coefficient (Wildman–Crippen LogP) is 3.10. The average molecular weight is 439 g/mol. The fraction of sp³-hybridized carbons (Fsp3) is 0.174. The Morgan fingerprint density at radius 3 is 2.65 bits per heavy atom. The van der Waals surface area contributed by atoms with Gasteiger partial charge in [-0.3, -0.25) is 4.79 Å². The molecule has 31 heavy (non-hydrogen) atoms. The first-order chi connectivity index (χ1) is 15.0. The van der Waals surface area contributed by atoms with E-state index in [2.05, 4.69) is 5.32 Å². The average Bonchev–Trinajstić information content (AvgIpc) is 3.50. The molecule has 2 aromatic carbocycles. The quantitative estimate of drug-likeness (QED) is 0.546. The summed E-state index contributed by atoms with van der Waals surface area (Å²) >= 11 is 0. The Bertz CT molecular complexity index is 1160. The molecule has 0 aliphatic carbocycles. The first kappa shape index (κ1) is 20.9. The van der Waals surface area contributed by atoms with Crippen LogP contribution >= 0.6 is 0 Å². The van der Waals surface area contributed by atoms with E-state index in [1.54, 1.807) is 12.2 Å². The number of furan rings is 1. The highest BCUT2D eigenvalue weighted by atomic mass is 32.2. The van der Waals surface area contributed by atoms with Crippen molar-refractivity contribution in [2.45, 2.75) is 24.3 Å². The van der Waals surface area contributed by atoms with Gasteiger partial charge in [0.2, 0.25) is 11.0 Å². The minimum Gasteiger partial charge on any atom is -0.489 e. The number of hydrogen-bond donors (Lipinski definition) is 1. The van der Waals surface area contributed by atoms with Crippen molar-refractivity contribution in [3.05, 3.63) is 96.3 Å². The zero-order valence-corrected chi connectivity index (χ0v) is 17.5. The van der Waals surface area contributed by atoms with Crippen LogP contribution in [0.4, 0.5) is 0 Å². The summed E-state index contributed by atoms with van der Waals surface area (Å²) in [7, 11) is -3.89. The first-order valence-electron chi connectivity index (χ1n) is 9.79. The number of benzene rings is 2. The molecule has 0 fully saturated rings. The number of sulfonamides is 1. The van der Waals surface area contributed by atoms with Crippen molar-refractivity contribution >= 4 is 15.9 Å². The molecule has 1 aliphatic heterocycles. The van der Waals surface area contributed by atoms with Crippen molar-refractivity contribution < 1.29 is 22.4 Å². The van der Waals surface area contributed by atoms with E-state index in [-0.39, 0.29) is 18.2 Å². The summed E-state index contributed by atoms with van der Waals surface area (Å²) in [4.78, 5) is 12.7. The third-order valence-electron chi connectivity index (χ3n) is 4.85. The van der Waals surface area contributed by atoms with Crippen molar-refractivity contribution in [3.8, 4) is 5.75 Å². The zero-order chi connectivity index (χ0) is 21.7. The number of carbonyl (C=O) groups is 1. The molecule has 0 saturated carbocycles. The fourth-order valence-electron chi connectivity index (χ4n) is 3.27. The Morgan fingerprint density at radius 2 is 1.87 bits per heavy atom. The number of hydrogen-bond acceptors (Lipinski definition) is 5. The van der Waals surface area contributed by atoms with Crippen LogP contribution in [0.2, 0.25) is 0 Å². The molecule has 0 unspecified atom stereocenters. The smallest absolute Gasteiger partial charge is 0.277 e. The molecule has 3 aromatic rings. The lowest BCUT2D eigenvalue weighted by molar-refractivity contribution is -0.123. The van der Waals surface area contributed by atoms with Crippen molar-refractivity contribution in [2.75, 3.05) is 6.54 Å². The van der Waals surface area contributed by atoms with E-state index in [1.807, 2.05) is 54.6 Å². The molecular weight excluding hydrogens is 416 g/mol. The number of amides is 1. The SMILES string of the molecule is O=C(NCc1cccc(OCc2ccccc2)c1)[C@@H]1C=CCN1S(=O)(=O)c1ccco1. The molecular formula is C23H22N2O5S. The Kier molecular flexibility index (Phi) is 6.20. The van der Waals surface area contributed by atoms with Gasteiger partial charge in [0.05, 0.1) is 6.26 Å². The standard InChI is InChI=1S/C23H22N2O5S/c26-23(21-11-5-13-25(21)31(27,28)22-12-6-14-29-22)24-16-19-9-4-10-20(15-19)30-17-18-7-2-1-3-8-18/h1-12,14-15,21H,13,16-17H2,(H,24,26)/t21-/m0/s1. The van der Waals surface area contributed by atoms with E-state index in [4.69, 9.17) is 9.15 Å². The van der Waals surface area contributed by atoms with Gasteiger partial charge in [-0.2, -0.15) is 4.31 Å². The van der Waals surface area contributed by atoms with Crippen LogP contribution in [0.25, 0.3) is 0 Å². The monoisotopic (exact) mass is 438 g/mol. The summed E-state index contributed by atoms with van der Waals surface area (Å²) in [5.74, 6) is 0.290. The molecule has 1 atom stereocenters. The second-order valence-corrected chi connectivity index (χ2v) is 8.84. The lowest BCUT2D eigenvalue weighted by Crippen LogP contribution is -2.45. The third kappa shape index (κ3) is 4.87. The second-order valence-electron chi connectivity index (χ2n) is 7.02. The van der Waals surface area contributed by atoms with E-state index in [1.165, 1.54) is 18.4 Å². The summed E-state index contributed by atoms with van der Waals surface area (Å²) < 4.78 is 37.4. The Labute approximate surface area is 181 Å². The fourth-order valence-corrected chi connectivity index (χ4v) is 4.68. The van der Waals surface area contributed by atoms with E-state index in [0.717, 1.165) is 15.4 Å². The number of nitrogens with zero attached hydrogens (tertiary/aromatic N) is 1. The molecule has 8 heteroatoms. The molecule has 0 saturated heterocycles. The van der Waals surface area contributed by atoms with Crippen LogP contribution in [0.5, 0.6) is 5.75 Å². The zero-order valence-electron chi connectivity index (χ0n) is 16.7. The van der Waals surface area contributed by atoms with Crippen molar-refractivity contribution in [2.24, 2.45) is 0 Å². The lowest BCUT2D eigenvalue weighted by Gasteiger charge is -2.22. The molecule has 1 N–H and O–H groups in total. The normalized spacial score (nSPS) is 16.3. The number of rotatable bonds is 8. The molecule has 0 spiro atoms. The maximum absolute atomic E-state index is 12.7. The molecule has 0 radical (unpaired) electrons. The summed E-state index contributed by atoms with van der Waals surface area (Å²) in [5.41, 5.74) is 1.91. The molecule has 1 aliphatic rings. The summed E-state index contributed by atoms with van der Waals surface area (Å²) in [5, 5.41) is 2.62. The van der Waals surface area contributed by atoms with E-state index in [9.17, 15) is 13.2 Å². The largest absolute Gasteiger partial charge is 0.489 e. The molecule has 2 heterocycles. The summed E-state index contributed by atoms with van der Waals surface area (Å²) in [6.45, 7) is 0.813. The van der Waals surface area contributed by atoms with Gasteiger partial charge in [0.15, 0.2) is 0 Å². The van der Waals surface area contributed by atoms with Gasteiger partial charge in [0.1, 0.15) is 18.4 Å². The van der Waals surface area contributed by atoms with Gasteiger partial charge in [-0.05, 0) is 35.4 Å². The highest BCUT2D eigenvalue weighted by Gasteiger charge is 2.37. The number of carbonyl (C=O) groups excluding carboxylic acids is 1. The topological polar surface area (TPSA) is 88.9 Å². The molecule has 1 amide bonds. The first-order valence-corrected chi connectivity index (χ1v) is 11.2. The van der Waals surface area contributed by atoms with Crippen LogP contribution in [-0.4, -0.2) is 31.2 Å². The molecule has 0 bridgehead atoms. The highest BCUT2D eigenvalue weighted by Crippen LogP contribution is 2.23. The van der Waals surface area contributed by atoms with Crippen LogP contribution in [0, 0.1) is 0 Å². The van der Waals surface area contributed by atoms with E-state index in [0.29, 0.717) is 12.4 Å². The van der Waals surface area contributed by atoms with Crippen molar-refractivity contribution in [1.29, 1.82) is 0 Å². The molecule has 160 valence electrons. The number of nitrogens with one attached hydrogen (secondary N) is 1. The number of ether oxygens (including phenoxy) is 1. The minimum absolute atomic E-state index is 0.115. The Balaban J connectivity index is 1.36. The van der Waals surface area contributed by atoms with Crippen LogP contribution in [0.15, 0.2) is 94.7 Å². The molecule has 1 aromatic heterocycles. The third-order valence-corrected chi connectivity index (χ3v) is 6.59. The van der Waals surface area contributed by atoms with Gasteiger partial charge in [-0.15, -0.1) is 0 Å². The Hall–Kier alpha value is -3.36. The van der Waals surface area contributed by atoms with E-state index < -0.39 is 22.0 Å². The van der Waals surface area contributed by atoms with Crippen LogP contribution in [-0.2, 0) is 28.0 Å². The predicted molar refractivity (Wildman–Crippen MR) is 115 cm³/mol. The second kappa shape index (κ2) is 9.20. The van der Waals surface area contributed by atoms with Gasteiger partial charge in [-0.25, -0.2) is 8.42 Å². The van der Waals surface area contributed by atoms with E-state index >= 15 is 0 Å². The van der Waals surface area contributed by atoms with Crippen molar-refractivity contribution in [3.63, 3.8) is 0 Å². The van der Waals surface area contributed by atoms with Crippen LogP contribution in [0.3, 0.4) is 0 Å². The minimum atomic E-state index is -3.89. The highest BCUT2D eigenvalue weighted by molar-refractivity contribution is 7.89. The molecule has 4 rings (SSSR count). The van der Waals surface area contributed by atoms with Gasteiger partial charge in [0, 0.05) is 13.1 Å². The van der Waals surface area contributed by atoms with Gasteiger partial charge >= 0.3 is 0 Å². The molecule has 7 nitrogen and oxygen atoms in total. The van der Waals surface area contributed by atoms with Gasteiger partial charge in [-0.1, -0.05) is 54.6 Å². The maximum atomic E-state index is 12.7.